The Morgan fingerprint density at radius 3 is 1.75 bits per heavy atom. The number of carbonyl (C=O) groups excluding carboxylic acids is 1. The second-order valence-electron chi connectivity index (χ2n) is 20.3. The van der Waals surface area contributed by atoms with Crippen LogP contribution in [-0.2, 0) is 14.3 Å². The Morgan fingerprint density at radius 1 is 0.738 bits per heavy atom. The van der Waals surface area contributed by atoms with Crippen LogP contribution in [0.5, 0.6) is 11.5 Å². The molecule has 344 valence electrons. The fourth-order valence-corrected chi connectivity index (χ4v) is 10.0. The van der Waals surface area contributed by atoms with Crippen molar-refractivity contribution in [2.24, 2.45) is 22.7 Å². The first-order valence-corrected chi connectivity index (χ1v) is 25.2. The Balaban J connectivity index is 0.000000228. The van der Waals surface area contributed by atoms with Crippen molar-refractivity contribution in [2.45, 2.75) is 175 Å². The number of likely N-dealkylation sites (tertiary alicyclic amines) is 1. The molecular formula is C52H83BrN2O6. The van der Waals surface area contributed by atoms with Crippen LogP contribution in [0.1, 0.15) is 174 Å². The van der Waals surface area contributed by atoms with E-state index in [2.05, 4.69) is 121 Å². The van der Waals surface area contributed by atoms with Gasteiger partial charge in [0.1, 0.15) is 11.5 Å². The molecule has 2 saturated heterocycles. The summed E-state index contributed by atoms with van der Waals surface area (Å²) in [5.74, 6) is 4.14. The van der Waals surface area contributed by atoms with Gasteiger partial charge in [-0.3, -0.25) is 9.59 Å². The number of nitrogens with zero attached hydrogens (tertiary/aromatic N) is 1. The molecule has 4 aliphatic rings. The van der Waals surface area contributed by atoms with E-state index in [1.54, 1.807) is 0 Å². The van der Waals surface area contributed by atoms with Crippen LogP contribution >= 0.6 is 15.9 Å². The van der Waals surface area contributed by atoms with E-state index in [0.717, 1.165) is 80.5 Å². The molecule has 0 bridgehead atoms. The fourth-order valence-electron chi connectivity index (χ4n) is 9.73. The molecule has 0 aromatic heterocycles. The summed E-state index contributed by atoms with van der Waals surface area (Å²) in [4.78, 5) is 23.8. The second-order valence-corrected chi connectivity index (χ2v) is 21.1. The number of hydrogen-bond donors (Lipinski definition) is 2. The van der Waals surface area contributed by atoms with Crippen molar-refractivity contribution >= 4 is 27.9 Å². The lowest BCUT2D eigenvalue weighted by Crippen LogP contribution is -2.35. The van der Waals surface area contributed by atoms with Gasteiger partial charge in [-0.15, -0.1) is 0 Å². The Hall–Kier alpha value is -2.62. The van der Waals surface area contributed by atoms with Crippen molar-refractivity contribution in [3.05, 3.63) is 59.7 Å². The molecule has 8 nitrogen and oxygen atoms in total. The first-order chi connectivity index (χ1) is 29.1. The first kappa shape index (κ1) is 51.0. The van der Waals surface area contributed by atoms with Crippen LogP contribution in [0.3, 0.4) is 0 Å². The van der Waals surface area contributed by atoms with Crippen molar-refractivity contribution in [1.82, 2.24) is 10.2 Å². The summed E-state index contributed by atoms with van der Waals surface area (Å²) in [6.07, 6.45) is 18.0. The number of hydrogen-bond acceptors (Lipinski definition) is 7. The van der Waals surface area contributed by atoms with Crippen molar-refractivity contribution in [3.8, 4) is 11.5 Å². The molecule has 2 aliphatic carbocycles. The smallest absolute Gasteiger partial charge is 0.305 e. The van der Waals surface area contributed by atoms with Gasteiger partial charge in [0.25, 0.3) is 0 Å². The van der Waals surface area contributed by atoms with E-state index < -0.39 is 5.97 Å². The Kier molecular flexibility index (Phi) is 21.9. The molecule has 4 fully saturated rings. The van der Waals surface area contributed by atoms with Crippen LogP contribution in [0.2, 0.25) is 0 Å². The van der Waals surface area contributed by atoms with Gasteiger partial charge in [-0.25, -0.2) is 0 Å². The summed E-state index contributed by atoms with van der Waals surface area (Å²) in [6, 6.07) is 17.6. The minimum Gasteiger partial charge on any atom is -0.490 e. The molecule has 0 spiro atoms. The van der Waals surface area contributed by atoms with Crippen LogP contribution in [0.25, 0.3) is 0 Å². The lowest BCUT2D eigenvalue weighted by atomic mass is 9.72. The highest BCUT2D eigenvalue weighted by Gasteiger charge is 2.32. The minimum atomic E-state index is -0.694. The first-order valence-electron chi connectivity index (χ1n) is 24.0. The molecule has 2 saturated carbocycles. The maximum atomic E-state index is 10.8. The predicted molar refractivity (Wildman–Crippen MR) is 254 cm³/mol. The highest BCUT2D eigenvalue weighted by atomic mass is 79.9. The van der Waals surface area contributed by atoms with Crippen molar-refractivity contribution in [3.63, 3.8) is 0 Å². The number of piperidine rings is 2. The standard InChI is InChI=1S/C25H39NO3.C21H33NO.C6H11BrO2/c1-25(2,3)21-11-13-22(14-12-21)29-23-9-4-7-19(17-23)20-8-5-15-26(18-20)16-6-10-24(27)28;1-21(2,3)18-9-11-19(12-10-18)23-20-8-4-6-16(14-20)17-7-5-13-22-15-17;1-2-9-6(8)4-3-5-7/h4,7,9,17,20-22H,5-6,8,10-16,18H2,1-3H3,(H,27,28);4,6,8,14,17-19,22H,5,7,9-13,15H2,1-3H3;2-5H2,1H3. The maximum absolute atomic E-state index is 10.8. The summed E-state index contributed by atoms with van der Waals surface area (Å²) in [6.45, 7) is 21.8. The number of benzene rings is 2. The number of ether oxygens (including phenoxy) is 3. The van der Waals surface area contributed by atoms with Crippen molar-refractivity contribution in [2.75, 3.05) is 44.7 Å². The molecular weight excluding hydrogens is 828 g/mol. The monoisotopic (exact) mass is 911 g/mol. The van der Waals surface area contributed by atoms with Gasteiger partial charge in [0.15, 0.2) is 0 Å². The zero-order valence-electron chi connectivity index (χ0n) is 39.2. The van der Waals surface area contributed by atoms with Gasteiger partial charge < -0.3 is 29.5 Å². The average Bonchev–Trinajstić information content (AvgIpc) is 3.24. The Bertz CT molecular complexity index is 1550. The molecule has 6 rings (SSSR count). The van der Waals surface area contributed by atoms with E-state index in [0.29, 0.717) is 47.9 Å². The summed E-state index contributed by atoms with van der Waals surface area (Å²) in [5, 5.41) is 13.2. The zero-order valence-corrected chi connectivity index (χ0v) is 40.7. The molecule has 0 amide bonds. The summed E-state index contributed by atoms with van der Waals surface area (Å²) in [7, 11) is 0. The number of carbonyl (C=O) groups is 2. The number of halogens is 1. The molecule has 2 N–H and O–H groups in total. The van der Waals surface area contributed by atoms with Gasteiger partial charge in [0.2, 0.25) is 0 Å². The van der Waals surface area contributed by atoms with Crippen LogP contribution < -0.4 is 14.8 Å². The Morgan fingerprint density at radius 2 is 1.28 bits per heavy atom. The average molecular weight is 912 g/mol. The molecule has 0 radical (unpaired) electrons. The second kappa shape index (κ2) is 26.2. The number of alkyl halides is 1. The number of rotatable bonds is 14. The van der Waals surface area contributed by atoms with Crippen molar-refractivity contribution < 1.29 is 28.9 Å². The molecule has 2 heterocycles. The van der Waals surface area contributed by atoms with Crippen LogP contribution in [0.4, 0.5) is 0 Å². The zero-order chi connectivity index (χ0) is 44.3. The summed E-state index contributed by atoms with van der Waals surface area (Å²) >= 11 is 3.22. The fraction of sp³-hybridized carbons (Fsp3) is 0.731. The number of carboxylic acids is 1. The third kappa shape index (κ3) is 18.9. The van der Waals surface area contributed by atoms with E-state index >= 15 is 0 Å². The third-order valence-corrected chi connectivity index (χ3v) is 14.1. The highest BCUT2D eigenvalue weighted by molar-refractivity contribution is 9.09. The number of esters is 1. The van der Waals surface area contributed by atoms with E-state index in [4.69, 9.17) is 14.6 Å². The minimum absolute atomic E-state index is 0.100. The molecule has 2 aromatic carbocycles. The predicted octanol–water partition coefficient (Wildman–Crippen LogP) is 12.6. The molecule has 61 heavy (non-hydrogen) atoms. The van der Waals surface area contributed by atoms with Crippen LogP contribution in [-0.4, -0.2) is 78.8 Å². The molecule has 9 heteroatoms. The van der Waals surface area contributed by atoms with Gasteiger partial charge >= 0.3 is 11.9 Å². The SMILES string of the molecule is CC(C)(C)C1CCC(Oc2cccc(C3CCCN(CCCC(=O)O)C3)c2)CC1.CC(C)(C)C1CCC(Oc2cccc(C3CCCNC3)c2)CC1.CCOC(=O)CCCBr. The maximum Gasteiger partial charge on any atom is 0.305 e. The Labute approximate surface area is 379 Å². The third-order valence-electron chi connectivity index (χ3n) is 13.5. The molecule has 2 aliphatic heterocycles. The van der Waals surface area contributed by atoms with E-state index in [9.17, 15) is 9.59 Å². The molecule has 2 atom stereocenters. The largest absolute Gasteiger partial charge is 0.490 e. The van der Waals surface area contributed by atoms with Crippen LogP contribution in [0.15, 0.2) is 48.5 Å². The van der Waals surface area contributed by atoms with E-state index in [1.165, 1.54) is 81.9 Å². The number of nitrogens with one attached hydrogen (secondary N) is 1. The van der Waals surface area contributed by atoms with Gasteiger partial charge in [0, 0.05) is 31.3 Å². The topological polar surface area (TPSA) is 97.3 Å². The van der Waals surface area contributed by atoms with Crippen LogP contribution in [0, 0.1) is 22.7 Å². The molecule has 2 aromatic rings. The number of carboxylic acid groups (broad SMARTS) is 1. The van der Waals surface area contributed by atoms with Gasteiger partial charge in [-0.05, 0) is 186 Å². The van der Waals surface area contributed by atoms with Gasteiger partial charge in [-0.1, -0.05) is 81.7 Å². The van der Waals surface area contributed by atoms with E-state index in [1.807, 2.05) is 6.92 Å². The summed E-state index contributed by atoms with van der Waals surface area (Å²) < 4.78 is 17.4. The van der Waals surface area contributed by atoms with Crippen molar-refractivity contribution in [1.29, 1.82) is 0 Å². The van der Waals surface area contributed by atoms with Gasteiger partial charge in [-0.2, -0.15) is 0 Å². The quantitative estimate of drug-likeness (QED) is 0.143. The van der Waals surface area contributed by atoms with Gasteiger partial charge in [0.05, 0.1) is 18.8 Å². The van der Waals surface area contributed by atoms with E-state index in [-0.39, 0.29) is 12.4 Å². The lowest BCUT2D eigenvalue weighted by molar-refractivity contribution is -0.143. The molecule has 2 unspecified atom stereocenters. The lowest BCUT2D eigenvalue weighted by Gasteiger charge is -2.37. The normalized spacial score (nSPS) is 24.9. The number of aliphatic carboxylic acids is 1. The summed E-state index contributed by atoms with van der Waals surface area (Å²) in [5.41, 5.74) is 3.66. The highest BCUT2D eigenvalue weighted by Crippen LogP contribution is 2.40.